The van der Waals surface area contributed by atoms with Crippen molar-refractivity contribution in [1.82, 2.24) is 10.3 Å². The van der Waals surface area contributed by atoms with E-state index < -0.39 is 17.5 Å². The Morgan fingerprint density at radius 2 is 1.85 bits per heavy atom. The molecule has 0 aliphatic rings. The van der Waals surface area contributed by atoms with Crippen LogP contribution in [0.5, 0.6) is 0 Å². The molecule has 1 atom stereocenters. The molecule has 204 valence electrons. The van der Waals surface area contributed by atoms with Gasteiger partial charge in [-0.2, -0.15) is 0 Å². The van der Waals surface area contributed by atoms with E-state index >= 15 is 0 Å². The van der Waals surface area contributed by atoms with Crippen molar-refractivity contribution in [2.45, 2.75) is 39.7 Å². The Bertz CT molecular complexity index is 1440. The second-order valence-corrected chi connectivity index (χ2v) is 11.7. The number of halogens is 3. The Kier molecular flexibility index (Phi) is 10.5. The van der Waals surface area contributed by atoms with Crippen LogP contribution in [0.15, 0.2) is 87.9 Å². The number of esters is 1. The summed E-state index contributed by atoms with van der Waals surface area (Å²) in [7, 11) is 0. The Morgan fingerprint density at radius 3 is 2.49 bits per heavy atom. The first-order valence-corrected chi connectivity index (χ1v) is 14.0. The van der Waals surface area contributed by atoms with Gasteiger partial charge in [0, 0.05) is 32.9 Å². The van der Waals surface area contributed by atoms with Gasteiger partial charge in [0.25, 0.3) is 5.91 Å². The zero-order valence-electron chi connectivity index (χ0n) is 22.4. The van der Waals surface area contributed by atoms with Gasteiger partial charge in [-0.15, -0.1) is 0 Å². The highest BCUT2D eigenvalue weighted by molar-refractivity contribution is 9.10. The van der Waals surface area contributed by atoms with Crippen LogP contribution in [-0.4, -0.2) is 29.0 Å². The number of aromatic nitrogens is 1. The van der Waals surface area contributed by atoms with Crippen molar-refractivity contribution in [3.8, 4) is 11.3 Å². The van der Waals surface area contributed by atoms with Crippen LogP contribution >= 0.6 is 39.1 Å². The Labute approximate surface area is 248 Å². The van der Waals surface area contributed by atoms with E-state index in [2.05, 4.69) is 27.8 Å². The average molecular weight is 630 g/mol. The van der Waals surface area contributed by atoms with Crippen molar-refractivity contribution in [3.63, 3.8) is 0 Å². The molecule has 3 aromatic rings. The summed E-state index contributed by atoms with van der Waals surface area (Å²) >= 11 is 16.5. The Morgan fingerprint density at radius 1 is 1.15 bits per heavy atom. The zero-order valence-corrected chi connectivity index (χ0v) is 25.5. The van der Waals surface area contributed by atoms with Crippen molar-refractivity contribution in [3.05, 3.63) is 99.0 Å². The number of carbonyl (C=O) groups excluding carboxylic acids is 2. The van der Waals surface area contributed by atoms with E-state index in [4.69, 9.17) is 32.9 Å². The third kappa shape index (κ3) is 8.28. The van der Waals surface area contributed by atoms with E-state index in [0.717, 1.165) is 21.3 Å². The van der Waals surface area contributed by atoms with Crippen LogP contribution in [0.4, 0.5) is 0 Å². The second kappa shape index (κ2) is 13.4. The molecule has 1 heterocycles. The van der Waals surface area contributed by atoms with Crippen molar-refractivity contribution in [2.75, 3.05) is 6.54 Å². The molecule has 0 radical (unpaired) electrons. The zero-order chi connectivity index (χ0) is 28.7. The van der Waals surface area contributed by atoms with E-state index in [-0.39, 0.29) is 28.9 Å². The van der Waals surface area contributed by atoms with Gasteiger partial charge in [-0.3, -0.25) is 9.59 Å². The van der Waals surface area contributed by atoms with Crippen molar-refractivity contribution >= 4 is 61.9 Å². The molecule has 39 heavy (non-hydrogen) atoms. The number of fused-ring (bicyclic) bond motifs is 1. The number of amides is 1. The van der Waals surface area contributed by atoms with Crippen molar-refractivity contribution in [2.24, 2.45) is 5.92 Å². The number of benzene rings is 2. The van der Waals surface area contributed by atoms with Gasteiger partial charge in [0.15, 0.2) is 0 Å². The topological polar surface area (TPSA) is 68.3 Å². The predicted octanol–water partition coefficient (Wildman–Crippen LogP) is 8.48. The smallest absolute Gasteiger partial charge is 0.307 e. The molecule has 0 spiro atoms. The number of pyridine rings is 1. The van der Waals surface area contributed by atoms with Gasteiger partial charge in [0.2, 0.25) is 0 Å². The third-order valence-electron chi connectivity index (χ3n) is 5.77. The number of nitrogens with zero attached hydrogens (tertiary/aromatic N) is 1. The van der Waals surface area contributed by atoms with E-state index in [1.165, 1.54) is 0 Å². The molecule has 8 heteroatoms. The van der Waals surface area contributed by atoms with Crippen LogP contribution in [0.3, 0.4) is 0 Å². The lowest BCUT2D eigenvalue weighted by atomic mass is 9.96. The highest BCUT2D eigenvalue weighted by Crippen LogP contribution is 2.32. The minimum atomic E-state index is -0.665. The lowest BCUT2D eigenvalue weighted by Crippen LogP contribution is -2.33. The summed E-state index contributed by atoms with van der Waals surface area (Å²) in [5.74, 6) is -1.37. The quantitative estimate of drug-likeness (QED) is 0.190. The molecule has 0 saturated heterocycles. The third-order valence-corrected chi connectivity index (χ3v) is 7.20. The summed E-state index contributed by atoms with van der Waals surface area (Å²) in [6.07, 6.45) is 4.73. The van der Waals surface area contributed by atoms with Crippen molar-refractivity contribution in [1.29, 1.82) is 0 Å². The maximum atomic E-state index is 13.8. The van der Waals surface area contributed by atoms with Crippen LogP contribution < -0.4 is 5.32 Å². The van der Waals surface area contributed by atoms with Crippen LogP contribution in [0, 0.1) is 12.8 Å². The van der Waals surface area contributed by atoms with Gasteiger partial charge in [0.05, 0.1) is 28.2 Å². The van der Waals surface area contributed by atoms with Gasteiger partial charge in [-0.25, -0.2) is 4.98 Å². The number of hydrogen-bond acceptors (Lipinski definition) is 4. The van der Waals surface area contributed by atoms with Gasteiger partial charge in [-0.05, 0) is 57.5 Å². The minimum absolute atomic E-state index is 0.0625. The standard InChI is InChI=1S/C31H31BrCl2N2O3/c1-6-7-13-24(33)28(34)21(16-26(37)39-31(3,4)5)18-35-30(38)27-19(2)29(20-11-9-8-10-12-20)36-25-15-14-22(32)17-23(25)27/h6-15,17,21H,1,16,18H2,2-5H3,(H,35,38)/b13-7-,28-24+. The summed E-state index contributed by atoms with van der Waals surface area (Å²) < 4.78 is 6.33. The fraction of sp³-hybridized carbons (Fsp3) is 0.258. The largest absolute Gasteiger partial charge is 0.460 e. The van der Waals surface area contributed by atoms with Crippen LogP contribution in [0.1, 0.15) is 43.1 Å². The SMILES string of the molecule is C=C/C=C\C(Cl)=C(/Cl)C(CNC(=O)c1c(C)c(-c2ccccc2)nc2ccc(Br)cc12)CC(=O)OC(C)(C)C. The Hall–Kier alpha value is -2.93. The van der Waals surface area contributed by atoms with Gasteiger partial charge in [-0.1, -0.05) is 88.2 Å². The number of carbonyl (C=O) groups is 2. The van der Waals surface area contributed by atoms with E-state index in [1.807, 2.05) is 55.5 Å². The predicted molar refractivity (Wildman–Crippen MR) is 164 cm³/mol. The molecule has 0 bridgehead atoms. The molecule has 1 amide bonds. The molecular weight excluding hydrogens is 599 g/mol. The molecule has 0 aliphatic heterocycles. The molecule has 1 N–H and O–H groups in total. The van der Waals surface area contributed by atoms with Gasteiger partial charge < -0.3 is 10.1 Å². The molecule has 2 aromatic carbocycles. The lowest BCUT2D eigenvalue weighted by molar-refractivity contribution is -0.155. The number of hydrogen-bond donors (Lipinski definition) is 1. The normalized spacial score (nSPS) is 13.2. The maximum absolute atomic E-state index is 13.8. The first kappa shape index (κ1) is 30.6. The summed E-state index contributed by atoms with van der Waals surface area (Å²) in [5, 5.41) is 4.17. The molecular formula is C31H31BrCl2N2O3. The molecule has 0 saturated carbocycles. The summed E-state index contributed by atoms with van der Waals surface area (Å²) in [4.78, 5) is 31.3. The molecule has 5 nitrogen and oxygen atoms in total. The fourth-order valence-electron chi connectivity index (χ4n) is 4.07. The number of ether oxygens (including phenoxy) is 1. The molecule has 0 fully saturated rings. The molecule has 3 rings (SSSR count). The molecule has 1 unspecified atom stereocenters. The van der Waals surface area contributed by atoms with Gasteiger partial charge >= 0.3 is 5.97 Å². The minimum Gasteiger partial charge on any atom is -0.460 e. The maximum Gasteiger partial charge on any atom is 0.307 e. The lowest BCUT2D eigenvalue weighted by Gasteiger charge is -2.23. The van der Waals surface area contributed by atoms with Crippen LogP contribution in [-0.2, 0) is 9.53 Å². The number of allylic oxidation sites excluding steroid dienone is 4. The fourth-order valence-corrected chi connectivity index (χ4v) is 4.87. The summed E-state index contributed by atoms with van der Waals surface area (Å²) in [6, 6.07) is 15.4. The molecule has 1 aromatic heterocycles. The first-order chi connectivity index (χ1) is 18.4. The van der Waals surface area contributed by atoms with Crippen molar-refractivity contribution < 1.29 is 14.3 Å². The first-order valence-electron chi connectivity index (χ1n) is 12.4. The Balaban J connectivity index is 2.00. The second-order valence-electron chi connectivity index (χ2n) is 9.98. The highest BCUT2D eigenvalue weighted by Gasteiger charge is 2.26. The van der Waals surface area contributed by atoms with Gasteiger partial charge in [0.1, 0.15) is 5.60 Å². The number of nitrogens with one attached hydrogen (secondary N) is 1. The van der Waals surface area contributed by atoms with E-state index in [9.17, 15) is 9.59 Å². The summed E-state index contributed by atoms with van der Waals surface area (Å²) in [5.41, 5.74) is 2.88. The monoisotopic (exact) mass is 628 g/mol. The van der Waals surface area contributed by atoms with E-state index in [1.54, 1.807) is 39.0 Å². The summed E-state index contributed by atoms with van der Waals surface area (Å²) in [6.45, 7) is 11.0. The van der Waals surface area contributed by atoms with Crippen LogP contribution in [0.2, 0.25) is 0 Å². The highest BCUT2D eigenvalue weighted by atomic mass is 79.9. The average Bonchev–Trinajstić information content (AvgIpc) is 2.88. The van der Waals surface area contributed by atoms with Crippen LogP contribution in [0.25, 0.3) is 22.2 Å². The number of rotatable bonds is 9. The molecule has 0 aliphatic carbocycles. The van der Waals surface area contributed by atoms with E-state index in [0.29, 0.717) is 16.5 Å².